The number of nitrogens with zero attached hydrogens (tertiary/aromatic N) is 1. The Balaban J connectivity index is 2.20. The number of aldehydes is 1. The average molecular weight is 367 g/mol. The van der Waals surface area contributed by atoms with E-state index in [0.29, 0.717) is 5.69 Å². The van der Waals surface area contributed by atoms with Crippen molar-refractivity contribution in [3.05, 3.63) is 39.1 Å². The molecule has 2 nitrogen and oxygen atoms in total. The van der Waals surface area contributed by atoms with E-state index in [0.717, 1.165) is 27.2 Å². The van der Waals surface area contributed by atoms with Crippen molar-refractivity contribution in [2.75, 3.05) is 0 Å². The van der Waals surface area contributed by atoms with Gasteiger partial charge in [-0.1, -0.05) is 32.3 Å². The molecule has 0 aliphatic rings. The van der Waals surface area contributed by atoms with Crippen LogP contribution >= 0.6 is 22.6 Å². The van der Waals surface area contributed by atoms with Gasteiger partial charge in [-0.05, 0) is 59.2 Å². The molecule has 100 valence electrons. The van der Waals surface area contributed by atoms with Gasteiger partial charge in [0.05, 0.1) is 5.52 Å². The predicted octanol–water partition coefficient (Wildman–Crippen LogP) is 4.77. The van der Waals surface area contributed by atoms with E-state index >= 15 is 0 Å². The first-order chi connectivity index (χ1) is 9.24. The lowest BCUT2D eigenvalue weighted by Crippen LogP contribution is -1.93. The molecular weight excluding hydrogens is 349 g/mol. The highest BCUT2D eigenvalue weighted by Crippen LogP contribution is 2.22. The van der Waals surface area contributed by atoms with Crippen LogP contribution in [0.5, 0.6) is 0 Å². The third-order valence-electron chi connectivity index (χ3n) is 3.28. The normalized spacial score (nSPS) is 10.8. The largest absolute Gasteiger partial charge is 0.296 e. The zero-order valence-corrected chi connectivity index (χ0v) is 13.3. The summed E-state index contributed by atoms with van der Waals surface area (Å²) in [6.07, 6.45) is 7.06. The van der Waals surface area contributed by atoms with Crippen LogP contribution in [0.2, 0.25) is 0 Å². The molecule has 0 aliphatic carbocycles. The highest BCUT2D eigenvalue weighted by Gasteiger charge is 2.04. The van der Waals surface area contributed by atoms with Crippen molar-refractivity contribution in [2.45, 2.75) is 39.0 Å². The van der Waals surface area contributed by atoms with E-state index in [2.05, 4.69) is 46.6 Å². The van der Waals surface area contributed by atoms with Crippen LogP contribution in [0.25, 0.3) is 10.9 Å². The van der Waals surface area contributed by atoms with Crippen LogP contribution in [-0.4, -0.2) is 11.3 Å². The third kappa shape index (κ3) is 3.75. The fourth-order valence-electron chi connectivity index (χ4n) is 2.22. The number of pyridine rings is 1. The molecule has 0 fully saturated rings. The molecule has 0 radical (unpaired) electrons. The number of halogens is 1. The Kier molecular flexibility index (Phi) is 5.31. The maximum absolute atomic E-state index is 10.8. The first-order valence-electron chi connectivity index (χ1n) is 6.79. The number of fused-ring (bicyclic) bond motifs is 1. The van der Waals surface area contributed by atoms with Gasteiger partial charge < -0.3 is 0 Å². The van der Waals surface area contributed by atoms with Crippen molar-refractivity contribution in [2.24, 2.45) is 0 Å². The second-order valence-corrected chi connectivity index (χ2v) is 5.97. The van der Waals surface area contributed by atoms with Crippen molar-refractivity contribution in [1.29, 1.82) is 0 Å². The monoisotopic (exact) mass is 367 g/mol. The molecule has 1 aromatic carbocycles. The fourth-order valence-corrected chi connectivity index (χ4v) is 2.97. The highest BCUT2D eigenvalue weighted by atomic mass is 127. The van der Waals surface area contributed by atoms with E-state index in [1.54, 1.807) is 0 Å². The third-order valence-corrected chi connectivity index (χ3v) is 4.17. The Morgan fingerprint density at radius 3 is 2.79 bits per heavy atom. The number of hydrogen-bond donors (Lipinski definition) is 0. The average Bonchev–Trinajstić information content (AvgIpc) is 2.44. The van der Waals surface area contributed by atoms with Crippen LogP contribution in [0.4, 0.5) is 0 Å². The molecule has 19 heavy (non-hydrogen) atoms. The summed E-state index contributed by atoms with van der Waals surface area (Å²) in [5.41, 5.74) is 2.78. The number of aryl methyl sites for hydroxylation is 1. The van der Waals surface area contributed by atoms with E-state index in [-0.39, 0.29) is 0 Å². The molecule has 0 unspecified atom stereocenters. The summed E-state index contributed by atoms with van der Waals surface area (Å²) in [6, 6.07) is 8.22. The van der Waals surface area contributed by atoms with Gasteiger partial charge in [0.2, 0.25) is 0 Å². The Morgan fingerprint density at radius 2 is 2.05 bits per heavy atom. The lowest BCUT2D eigenvalue weighted by atomic mass is 10.0. The molecule has 3 heteroatoms. The molecule has 0 aliphatic heterocycles. The number of unbranched alkanes of at least 4 members (excludes halogenated alkanes) is 3. The quantitative estimate of drug-likeness (QED) is 0.418. The van der Waals surface area contributed by atoms with Crippen molar-refractivity contribution in [3.8, 4) is 0 Å². The van der Waals surface area contributed by atoms with Crippen LogP contribution in [-0.2, 0) is 6.42 Å². The number of carbonyl (C=O) groups excluding carboxylic acids is 1. The Morgan fingerprint density at radius 1 is 1.21 bits per heavy atom. The van der Waals surface area contributed by atoms with E-state index in [1.165, 1.54) is 31.2 Å². The van der Waals surface area contributed by atoms with Crippen LogP contribution in [0.3, 0.4) is 0 Å². The van der Waals surface area contributed by atoms with Crippen LogP contribution in [0, 0.1) is 3.57 Å². The number of benzene rings is 1. The first kappa shape index (κ1) is 14.4. The zero-order chi connectivity index (χ0) is 13.7. The van der Waals surface area contributed by atoms with E-state index in [1.807, 2.05) is 12.1 Å². The maximum Gasteiger partial charge on any atom is 0.168 e. The van der Waals surface area contributed by atoms with Crippen LogP contribution < -0.4 is 0 Å². The van der Waals surface area contributed by atoms with Gasteiger partial charge in [0, 0.05) is 8.96 Å². The van der Waals surface area contributed by atoms with Gasteiger partial charge in [-0.25, -0.2) is 4.98 Å². The molecule has 0 amide bonds. The molecule has 0 saturated heterocycles. The van der Waals surface area contributed by atoms with Gasteiger partial charge >= 0.3 is 0 Å². The molecule has 0 N–H and O–H groups in total. The number of carbonyl (C=O) groups is 1. The summed E-state index contributed by atoms with van der Waals surface area (Å²) >= 11 is 2.28. The summed E-state index contributed by atoms with van der Waals surface area (Å²) in [5, 5.41) is 1.15. The lowest BCUT2D eigenvalue weighted by molar-refractivity contribution is 0.111. The zero-order valence-electron chi connectivity index (χ0n) is 11.2. The number of hydrogen-bond acceptors (Lipinski definition) is 2. The fraction of sp³-hybridized carbons (Fsp3) is 0.375. The summed E-state index contributed by atoms with van der Waals surface area (Å²) in [6.45, 7) is 2.23. The minimum absolute atomic E-state index is 0.507. The molecule has 0 bridgehead atoms. The molecule has 2 rings (SSSR count). The van der Waals surface area contributed by atoms with Crippen molar-refractivity contribution < 1.29 is 4.79 Å². The number of rotatable bonds is 6. The molecule has 0 atom stereocenters. The summed E-state index contributed by atoms with van der Waals surface area (Å²) in [7, 11) is 0. The van der Waals surface area contributed by atoms with Gasteiger partial charge in [-0.3, -0.25) is 4.79 Å². The van der Waals surface area contributed by atoms with Gasteiger partial charge in [-0.15, -0.1) is 0 Å². The minimum atomic E-state index is 0.507. The molecule has 0 spiro atoms. The van der Waals surface area contributed by atoms with Gasteiger partial charge in [0.1, 0.15) is 5.69 Å². The molecular formula is C16H18INO. The van der Waals surface area contributed by atoms with Gasteiger partial charge in [-0.2, -0.15) is 0 Å². The smallest absolute Gasteiger partial charge is 0.168 e. The molecule has 1 heterocycles. The summed E-state index contributed by atoms with van der Waals surface area (Å²) in [4.78, 5) is 15.1. The van der Waals surface area contributed by atoms with E-state index in [4.69, 9.17) is 0 Å². The second kappa shape index (κ2) is 6.98. The SMILES string of the molecule is CCCCCCc1ccc2nc(C=O)cc(I)c2c1. The molecule has 0 saturated carbocycles. The van der Waals surface area contributed by atoms with Gasteiger partial charge in [0.15, 0.2) is 6.29 Å². The topological polar surface area (TPSA) is 30.0 Å². The van der Waals surface area contributed by atoms with E-state index < -0.39 is 0 Å². The van der Waals surface area contributed by atoms with Crippen LogP contribution in [0.15, 0.2) is 24.3 Å². The standard InChI is InChI=1S/C16H18INO/c1-2-3-4-5-6-12-7-8-16-14(9-12)15(17)10-13(11-19)18-16/h7-11H,2-6H2,1H3. The molecule has 1 aromatic heterocycles. The first-order valence-corrected chi connectivity index (χ1v) is 7.87. The summed E-state index contributed by atoms with van der Waals surface area (Å²) in [5.74, 6) is 0. The number of aromatic nitrogens is 1. The molecule has 2 aromatic rings. The second-order valence-electron chi connectivity index (χ2n) is 4.81. The van der Waals surface area contributed by atoms with Crippen molar-refractivity contribution >= 4 is 39.8 Å². The van der Waals surface area contributed by atoms with Crippen LogP contribution in [0.1, 0.15) is 48.7 Å². The van der Waals surface area contributed by atoms with Crippen molar-refractivity contribution in [3.63, 3.8) is 0 Å². The minimum Gasteiger partial charge on any atom is -0.296 e. The lowest BCUT2D eigenvalue weighted by Gasteiger charge is -2.06. The Bertz CT molecular complexity index is 580. The Labute approximate surface area is 127 Å². The summed E-state index contributed by atoms with van der Waals surface area (Å²) < 4.78 is 1.10. The Hall–Kier alpha value is -0.970. The van der Waals surface area contributed by atoms with Gasteiger partial charge in [0.25, 0.3) is 0 Å². The van der Waals surface area contributed by atoms with Crippen molar-refractivity contribution in [1.82, 2.24) is 4.98 Å². The predicted molar refractivity (Wildman–Crippen MR) is 87.7 cm³/mol. The maximum atomic E-state index is 10.8. The van der Waals surface area contributed by atoms with E-state index in [9.17, 15) is 4.79 Å². The highest BCUT2D eigenvalue weighted by molar-refractivity contribution is 14.1.